The van der Waals surface area contributed by atoms with Crippen molar-refractivity contribution in [2.45, 2.75) is 50.7 Å². The first kappa shape index (κ1) is 13.9. The summed E-state index contributed by atoms with van der Waals surface area (Å²) in [6.07, 6.45) is 4.22. The fourth-order valence-electron chi connectivity index (χ4n) is 3.06. The zero-order chi connectivity index (χ0) is 12.9. The second-order valence-corrected chi connectivity index (χ2v) is 23.1. The molecule has 0 aromatic heterocycles. The molecule has 1 heterocycles. The fourth-order valence-corrected chi connectivity index (χ4v) is 11.1. The van der Waals surface area contributed by atoms with Crippen LogP contribution >= 0.6 is 0 Å². The molecule has 1 atom stereocenters. The monoisotopic (exact) mass is 346 g/mol. The Morgan fingerprint density at radius 3 is 2.12 bits per heavy atom. The molecule has 1 aliphatic heterocycles. The van der Waals surface area contributed by atoms with Crippen molar-refractivity contribution in [3.8, 4) is 0 Å². The Hall–Kier alpha value is 0.459. The van der Waals surface area contributed by atoms with E-state index < -0.39 is 18.4 Å². The van der Waals surface area contributed by atoms with Crippen molar-refractivity contribution < 1.29 is 9.47 Å². The molecular formula is C14H26O2Sn. The molecule has 1 aliphatic carbocycles. The van der Waals surface area contributed by atoms with E-state index in [-0.39, 0.29) is 11.2 Å². The van der Waals surface area contributed by atoms with Gasteiger partial charge in [0.05, 0.1) is 0 Å². The van der Waals surface area contributed by atoms with Gasteiger partial charge in [0.1, 0.15) is 0 Å². The minimum absolute atomic E-state index is 0.168. The first-order valence-corrected chi connectivity index (χ1v) is 16.6. The predicted molar refractivity (Wildman–Crippen MR) is 73.9 cm³/mol. The van der Waals surface area contributed by atoms with E-state index in [9.17, 15) is 0 Å². The zero-order valence-corrected chi connectivity index (χ0v) is 14.8. The van der Waals surface area contributed by atoms with Crippen LogP contribution in [0.15, 0.2) is 12.7 Å². The van der Waals surface area contributed by atoms with E-state index in [1.165, 1.54) is 0 Å². The Balaban J connectivity index is 2.18. The molecule has 0 unspecified atom stereocenters. The molecule has 0 amide bonds. The van der Waals surface area contributed by atoms with Crippen LogP contribution in [0.5, 0.6) is 0 Å². The molecule has 1 saturated heterocycles. The van der Waals surface area contributed by atoms with Crippen LogP contribution in [0.1, 0.15) is 26.7 Å². The maximum absolute atomic E-state index is 6.17. The summed E-state index contributed by atoms with van der Waals surface area (Å²) in [7, 11) is 0. The van der Waals surface area contributed by atoms with E-state index in [1.807, 2.05) is 0 Å². The van der Waals surface area contributed by atoms with Gasteiger partial charge in [0.25, 0.3) is 0 Å². The van der Waals surface area contributed by atoms with E-state index >= 15 is 0 Å². The molecule has 17 heavy (non-hydrogen) atoms. The van der Waals surface area contributed by atoms with E-state index in [0.29, 0.717) is 3.43 Å². The summed E-state index contributed by atoms with van der Waals surface area (Å²) in [6, 6.07) is 0. The number of hydrogen-bond acceptors (Lipinski definition) is 2. The molecule has 1 spiro atoms. The van der Waals surface area contributed by atoms with Crippen molar-refractivity contribution >= 4 is 18.4 Å². The van der Waals surface area contributed by atoms with Crippen LogP contribution in [0, 0.1) is 5.41 Å². The van der Waals surface area contributed by atoms with Crippen LogP contribution in [0.2, 0.25) is 18.2 Å². The molecule has 0 N–H and O–H groups in total. The third-order valence-electron chi connectivity index (χ3n) is 4.46. The van der Waals surface area contributed by atoms with Crippen molar-refractivity contribution in [1.82, 2.24) is 0 Å². The van der Waals surface area contributed by atoms with Crippen molar-refractivity contribution in [3.63, 3.8) is 0 Å². The second-order valence-electron chi connectivity index (χ2n) is 7.50. The van der Waals surface area contributed by atoms with Gasteiger partial charge in [0.15, 0.2) is 0 Å². The van der Waals surface area contributed by atoms with E-state index in [0.717, 1.165) is 26.1 Å². The van der Waals surface area contributed by atoms with Gasteiger partial charge in [0, 0.05) is 0 Å². The van der Waals surface area contributed by atoms with Crippen molar-refractivity contribution in [2.24, 2.45) is 5.41 Å². The molecule has 2 nitrogen and oxygen atoms in total. The van der Waals surface area contributed by atoms with Crippen LogP contribution in [0.25, 0.3) is 0 Å². The molecule has 3 heteroatoms. The zero-order valence-electron chi connectivity index (χ0n) is 11.9. The Morgan fingerprint density at radius 2 is 1.71 bits per heavy atom. The first-order chi connectivity index (χ1) is 7.68. The molecule has 2 aliphatic rings. The predicted octanol–water partition coefficient (Wildman–Crippen LogP) is 3.81. The van der Waals surface area contributed by atoms with Crippen molar-refractivity contribution in [2.75, 3.05) is 13.2 Å². The van der Waals surface area contributed by atoms with Gasteiger partial charge in [-0.25, -0.2) is 0 Å². The standard InChI is InChI=1S/C11H17O2.3CH3.Sn/c1-4-5-9-6-11(9)12-7-10(2,3)8-13-11;;;;/h4H,1,5-8H2,2-3H3;3*1H3;. The third-order valence-corrected chi connectivity index (χ3v) is 14.8. The van der Waals surface area contributed by atoms with Gasteiger partial charge in [-0.2, -0.15) is 0 Å². The van der Waals surface area contributed by atoms with Crippen LogP contribution in [0.4, 0.5) is 0 Å². The van der Waals surface area contributed by atoms with Gasteiger partial charge in [-0.05, 0) is 0 Å². The molecule has 2 rings (SSSR count). The molecule has 0 aromatic carbocycles. The van der Waals surface area contributed by atoms with Gasteiger partial charge in [0.2, 0.25) is 0 Å². The summed E-state index contributed by atoms with van der Waals surface area (Å²) in [4.78, 5) is 7.46. The van der Waals surface area contributed by atoms with E-state index in [1.54, 1.807) is 0 Å². The summed E-state index contributed by atoms with van der Waals surface area (Å²) in [6.45, 7) is 10.00. The van der Waals surface area contributed by atoms with Crippen LogP contribution in [-0.4, -0.2) is 37.4 Å². The van der Waals surface area contributed by atoms with Crippen LogP contribution in [0.3, 0.4) is 0 Å². The number of ether oxygens (including phenoxy) is 2. The summed E-state index contributed by atoms with van der Waals surface area (Å²) in [5.74, 6) is -0.245. The Morgan fingerprint density at radius 1 is 1.18 bits per heavy atom. The Bertz CT molecular complexity index is 320. The average Bonchev–Trinajstić information content (AvgIpc) is 2.82. The summed E-state index contributed by atoms with van der Waals surface area (Å²) in [5, 5.41) is 0. The van der Waals surface area contributed by atoms with E-state index in [4.69, 9.17) is 9.47 Å². The fraction of sp³-hybridized carbons (Fsp3) is 0.857. The normalized spacial score (nSPS) is 34.6. The van der Waals surface area contributed by atoms with Crippen LogP contribution < -0.4 is 0 Å². The minimum atomic E-state index is -2.09. The molecule has 0 aromatic rings. The molecule has 0 bridgehead atoms. The SMILES string of the molecule is C=CC[C@]1([Sn]([CH3])([CH3])[CH3])CC12OCC(C)(C)CO2. The van der Waals surface area contributed by atoms with Gasteiger partial charge in [-0.1, -0.05) is 0 Å². The molecule has 2 fully saturated rings. The van der Waals surface area contributed by atoms with Crippen molar-refractivity contribution in [1.29, 1.82) is 0 Å². The van der Waals surface area contributed by atoms with Gasteiger partial charge < -0.3 is 0 Å². The first-order valence-electron chi connectivity index (χ1n) is 6.57. The summed E-state index contributed by atoms with van der Waals surface area (Å²) < 4.78 is 12.7. The average molecular weight is 345 g/mol. The van der Waals surface area contributed by atoms with Crippen molar-refractivity contribution in [3.05, 3.63) is 12.7 Å². The van der Waals surface area contributed by atoms with Gasteiger partial charge in [-0.3, -0.25) is 0 Å². The number of hydrogen-bond donors (Lipinski definition) is 0. The molecule has 98 valence electrons. The number of allylic oxidation sites excluding steroid dienone is 1. The topological polar surface area (TPSA) is 18.5 Å². The third kappa shape index (κ3) is 2.10. The molecular weight excluding hydrogens is 319 g/mol. The number of rotatable bonds is 3. The maximum atomic E-state index is 6.17. The van der Waals surface area contributed by atoms with Gasteiger partial charge >= 0.3 is 110 Å². The molecule has 1 saturated carbocycles. The second kappa shape index (κ2) is 3.97. The van der Waals surface area contributed by atoms with Crippen LogP contribution in [-0.2, 0) is 9.47 Å². The van der Waals surface area contributed by atoms with Gasteiger partial charge in [-0.15, -0.1) is 0 Å². The Labute approximate surface area is 110 Å². The summed E-state index contributed by atoms with van der Waals surface area (Å²) in [5.41, 5.74) is 0.168. The van der Waals surface area contributed by atoms with E-state index in [2.05, 4.69) is 41.3 Å². The Kier molecular flexibility index (Phi) is 3.24. The quantitative estimate of drug-likeness (QED) is 0.572. The molecule has 0 radical (unpaired) electrons. The summed E-state index contributed by atoms with van der Waals surface area (Å²) >= 11 is -2.09.